The van der Waals surface area contributed by atoms with Gasteiger partial charge in [-0.3, -0.25) is 19.3 Å². The van der Waals surface area contributed by atoms with Crippen molar-refractivity contribution in [1.29, 1.82) is 0 Å². The van der Waals surface area contributed by atoms with Crippen LogP contribution in [0.3, 0.4) is 0 Å². The second-order valence-electron chi connectivity index (χ2n) is 6.30. The van der Waals surface area contributed by atoms with E-state index in [-0.39, 0.29) is 13.0 Å². The van der Waals surface area contributed by atoms with Gasteiger partial charge < -0.3 is 9.47 Å². The van der Waals surface area contributed by atoms with Gasteiger partial charge in [-0.05, 0) is 32.9 Å². The standard InChI is InChI=1S/C17H19NO6/c1-17(2,3)24-14(20)10-23-13(19)8-9-18-15(21)11-6-4-5-7-12(11)16(18)22/h4-7H,8-10H2,1-3H3. The lowest BCUT2D eigenvalue weighted by molar-refractivity contribution is -0.166. The lowest BCUT2D eigenvalue weighted by Crippen LogP contribution is -2.32. The number of ether oxygens (including phenoxy) is 2. The summed E-state index contributed by atoms with van der Waals surface area (Å²) in [5.41, 5.74) is -0.0156. The Morgan fingerprint density at radius 2 is 1.54 bits per heavy atom. The topological polar surface area (TPSA) is 90.0 Å². The van der Waals surface area contributed by atoms with Crippen molar-refractivity contribution < 1.29 is 28.7 Å². The number of benzene rings is 1. The first-order valence-corrected chi connectivity index (χ1v) is 7.52. The third-order valence-corrected chi connectivity index (χ3v) is 3.19. The molecule has 0 aliphatic carbocycles. The molecule has 24 heavy (non-hydrogen) atoms. The fourth-order valence-corrected chi connectivity index (χ4v) is 2.23. The highest BCUT2D eigenvalue weighted by atomic mass is 16.6. The van der Waals surface area contributed by atoms with Gasteiger partial charge in [0.05, 0.1) is 17.5 Å². The predicted octanol–water partition coefficient (Wildman–Crippen LogP) is 1.56. The third-order valence-electron chi connectivity index (χ3n) is 3.19. The van der Waals surface area contributed by atoms with Crippen molar-refractivity contribution in [2.45, 2.75) is 32.8 Å². The van der Waals surface area contributed by atoms with Gasteiger partial charge >= 0.3 is 11.9 Å². The number of rotatable bonds is 5. The first kappa shape index (κ1) is 17.7. The van der Waals surface area contributed by atoms with Gasteiger partial charge in [-0.2, -0.15) is 0 Å². The summed E-state index contributed by atoms with van der Waals surface area (Å²) in [7, 11) is 0. The van der Waals surface area contributed by atoms with Crippen LogP contribution in [0, 0.1) is 0 Å². The number of carbonyl (C=O) groups excluding carboxylic acids is 4. The molecule has 0 bridgehead atoms. The minimum atomic E-state index is -0.683. The fourth-order valence-electron chi connectivity index (χ4n) is 2.23. The van der Waals surface area contributed by atoms with E-state index >= 15 is 0 Å². The molecule has 0 spiro atoms. The Hall–Kier alpha value is -2.70. The summed E-state index contributed by atoms with van der Waals surface area (Å²) in [5, 5.41) is 0. The summed E-state index contributed by atoms with van der Waals surface area (Å²) < 4.78 is 9.80. The molecule has 2 rings (SSSR count). The van der Waals surface area contributed by atoms with E-state index in [1.807, 2.05) is 0 Å². The summed E-state index contributed by atoms with van der Waals surface area (Å²) in [5.74, 6) is -2.21. The molecule has 0 radical (unpaired) electrons. The Kier molecular flexibility index (Phi) is 5.02. The minimum absolute atomic E-state index is 0.0977. The normalized spacial score (nSPS) is 13.7. The van der Waals surface area contributed by atoms with E-state index in [4.69, 9.17) is 9.47 Å². The zero-order valence-electron chi connectivity index (χ0n) is 13.8. The van der Waals surface area contributed by atoms with E-state index < -0.39 is 36.0 Å². The third kappa shape index (κ3) is 4.18. The SMILES string of the molecule is CC(C)(C)OC(=O)COC(=O)CCN1C(=O)c2ccccc2C1=O. The molecule has 128 valence electrons. The lowest BCUT2D eigenvalue weighted by atomic mass is 10.1. The number of esters is 2. The van der Waals surface area contributed by atoms with Crippen LogP contribution in [0.2, 0.25) is 0 Å². The van der Waals surface area contributed by atoms with Crippen molar-refractivity contribution >= 4 is 23.8 Å². The molecule has 0 aromatic heterocycles. The van der Waals surface area contributed by atoms with Crippen molar-refractivity contribution in [3.05, 3.63) is 35.4 Å². The fraction of sp³-hybridized carbons (Fsp3) is 0.412. The zero-order valence-corrected chi connectivity index (χ0v) is 13.8. The predicted molar refractivity (Wildman–Crippen MR) is 83.2 cm³/mol. The Bertz CT molecular complexity index is 654. The monoisotopic (exact) mass is 333 g/mol. The first-order valence-electron chi connectivity index (χ1n) is 7.52. The molecular weight excluding hydrogens is 314 g/mol. The Morgan fingerprint density at radius 1 is 1.00 bits per heavy atom. The van der Waals surface area contributed by atoms with Crippen molar-refractivity contribution in [1.82, 2.24) is 4.90 Å². The van der Waals surface area contributed by atoms with Gasteiger partial charge in [0.25, 0.3) is 11.8 Å². The van der Waals surface area contributed by atoms with Crippen molar-refractivity contribution in [3.63, 3.8) is 0 Å². The first-order chi connectivity index (χ1) is 11.2. The number of nitrogens with zero attached hydrogens (tertiary/aromatic N) is 1. The van der Waals surface area contributed by atoms with Gasteiger partial charge in [0.2, 0.25) is 0 Å². The molecule has 0 saturated carbocycles. The molecule has 0 fully saturated rings. The number of fused-ring (bicyclic) bond motifs is 1. The Balaban J connectivity index is 1.82. The summed E-state index contributed by atoms with van der Waals surface area (Å²) >= 11 is 0. The lowest BCUT2D eigenvalue weighted by Gasteiger charge is -2.19. The largest absolute Gasteiger partial charge is 0.457 e. The van der Waals surface area contributed by atoms with Crippen molar-refractivity contribution in [3.8, 4) is 0 Å². The molecule has 7 heteroatoms. The van der Waals surface area contributed by atoms with Gasteiger partial charge in [0.1, 0.15) is 5.60 Å². The van der Waals surface area contributed by atoms with Crippen LogP contribution < -0.4 is 0 Å². The van der Waals surface area contributed by atoms with Gasteiger partial charge in [0, 0.05) is 6.54 Å². The summed E-state index contributed by atoms with van der Waals surface area (Å²) in [6.07, 6.45) is -0.186. The highest BCUT2D eigenvalue weighted by Crippen LogP contribution is 2.22. The summed E-state index contributed by atoms with van der Waals surface area (Å²) in [4.78, 5) is 48.4. The molecule has 0 unspecified atom stereocenters. The molecule has 1 aliphatic rings. The van der Waals surface area contributed by atoms with Gasteiger partial charge in [-0.25, -0.2) is 4.79 Å². The molecule has 0 atom stereocenters. The number of carbonyl (C=O) groups is 4. The van der Waals surface area contributed by atoms with Crippen LogP contribution in [-0.4, -0.2) is 47.4 Å². The van der Waals surface area contributed by atoms with Crippen LogP contribution in [0.25, 0.3) is 0 Å². The van der Waals surface area contributed by atoms with Crippen LogP contribution >= 0.6 is 0 Å². The van der Waals surface area contributed by atoms with Crippen LogP contribution in [0.5, 0.6) is 0 Å². The highest BCUT2D eigenvalue weighted by molar-refractivity contribution is 6.21. The molecular formula is C17H19NO6. The summed E-state index contributed by atoms with van der Waals surface area (Å²) in [6, 6.07) is 6.47. The molecule has 1 aromatic rings. The number of imide groups is 1. The average molecular weight is 333 g/mol. The van der Waals surface area contributed by atoms with Gasteiger partial charge in [-0.15, -0.1) is 0 Å². The Labute approximate surface area is 139 Å². The molecule has 1 heterocycles. The molecule has 2 amide bonds. The maximum atomic E-state index is 12.1. The second kappa shape index (κ2) is 6.82. The molecule has 1 aliphatic heterocycles. The van der Waals surface area contributed by atoms with Crippen LogP contribution in [0.4, 0.5) is 0 Å². The average Bonchev–Trinajstić information content (AvgIpc) is 2.74. The molecule has 0 N–H and O–H groups in total. The molecule has 7 nitrogen and oxygen atoms in total. The van der Waals surface area contributed by atoms with E-state index in [1.54, 1.807) is 45.0 Å². The second-order valence-corrected chi connectivity index (χ2v) is 6.30. The maximum Gasteiger partial charge on any atom is 0.344 e. The molecule has 0 saturated heterocycles. The van der Waals surface area contributed by atoms with E-state index in [0.29, 0.717) is 11.1 Å². The van der Waals surface area contributed by atoms with E-state index in [0.717, 1.165) is 4.90 Å². The smallest absolute Gasteiger partial charge is 0.344 e. The van der Waals surface area contributed by atoms with Gasteiger partial charge in [-0.1, -0.05) is 12.1 Å². The summed E-state index contributed by atoms with van der Waals surface area (Å²) in [6.45, 7) is 4.51. The van der Waals surface area contributed by atoms with Gasteiger partial charge in [0.15, 0.2) is 6.61 Å². The van der Waals surface area contributed by atoms with Crippen LogP contribution in [0.15, 0.2) is 24.3 Å². The number of amides is 2. The minimum Gasteiger partial charge on any atom is -0.457 e. The van der Waals surface area contributed by atoms with Crippen molar-refractivity contribution in [2.24, 2.45) is 0 Å². The van der Waals surface area contributed by atoms with E-state index in [2.05, 4.69) is 0 Å². The van der Waals surface area contributed by atoms with Crippen molar-refractivity contribution in [2.75, 3.05) is 13.2 Å². The Morgan fingerprint density at radius 3 is 2.04 bits per heavy atom. The van der Waals surface area contributed by atoms with Crippen LogP contribution in [0.1, 0.15) is 47.9 Å². The van der Waals surface area contributed by atoms with Crippen LogP contribution in [-0.2, 0) is 19.1 Å². The number of hydrogen-bond donors (Lipinski definition) is 0. The highest BCUT2D eigenvalue weighted by Gasteiger charge is 2.35. The molecule has 1 aromatic carbocycles. The quantitative estimate of drug-likeness (QED) is 0.600. The maximum absolute atomic E-state index is 12.1. The zero-order chi connectivity index (χ0) is 17.9. The number of hydrogen-bond acceptors (Lipinski definition) is 6. The van der Waals surface area contributed by atoms with E-state index in [1.165, 1.54) is 0 Å². The van der Waals surface area contributed by atoms with E-state index in [9.17, 15) is 19.2 Å².